The Labute approximate surface area is 172 Å². The van der Waals surface area contributed by atoms with Crippen LogP contribution in [0.15, 0.2) is 48.5 Å². The van der Waals surface area contributed by atoms with E-state index in [2.05, 4.69) is 4.90 Å². The molecule has 0 bridgehead atoms. The lowest BCUT2D eigenvalue weighted by molar-refractivity contribution is -0.131. The lowest BCUT2D eigenvalue weighted by Crippen LogP contribution is -2.48. The molecule has 1 amide bonds. The second-order valence-electron chi connectivity index (χ2n) is 6.95. The first-order chi connectivity index (χ1) is 14.1. The molecule has 1 heterocycles. The van der Waals surface area contributed by atoms with Crippen LogP contribution in [0.5, 0.6) is 11.5 Å². The van der Waals surface area contributed by atoms with Gasteiger partial charge < -0.3 is 19.3 Å². The molecule has 0 N–H and O–H groups in total. The molecule has 1 fully saturated rings. The van der Waals surface area contributed by atoms with Crippen molar-refractivity contribution in [3.8, 4) is 11.5 Å². The molecule has 0 radical (unpaired) electrons. The summed E-state index contributed by atoms with van der Waals surface area (Å²) in [5, 5.41) is 0. The van der Waals surface area contributed by atoms with Gasteiger partial charge in [0.2, 0.25) is 5.91 Å². The Bertz CT molecular complexity index is 810. The summed E-state index contributed by atoms with van der Waals surface area (Å²) < 4.78 is 10.6. The maximum Gasteiger partial charge on any atom is 0.223 e. The molecule has 0 saturated carbocycles. The molecule has 154 valence electrons. The van der Waals surface area contributed by atoms with E-state index in [0.29, 0.717) is 25.3 Å². The van der Waals surface area contributed by atoms with Gasteiger partial charge >= 0.3 is 0 Å². The Morgan fingerprint density at radius 3 is 2.07 bits per heavy atom. The van der Waals surface area contributed by atoms with Gasteiger partial charge in [-0.1, -0.05) is 0 Å². The molecule has 1 saturated heterocycles. The summed E-state index contributed by atoms with van der Waals surface area (Å²) in [4.78, 5) is 29.0. The molecule has 2 aromatic carbocycles. The van der Waals surface area contributed by atoms with Crippen molar-refractivity contribution in [2.24, 2.45) is 0 Å². The van der Waals surface area contributed by atoms with Crippen molar-refractivity contribution in [1.82, 2.24) is 4.90 Å². The van der Waals surface area contributed by atoms with E-state index in [0.717, 1.165) is 30.3 Å². The molecule has 0 aromatic heterocycles. The third kappa shape index (κ3) is 5.50. The van der Waals surface area contributed by atoms with Crippen LogP contribution in [-0.2, 0) is 4.79 Å². The van der Waals surface area contributed by atoms with Crippen LogP contribution >= 0.6 is 0 Å². The molecular weight excluding hydrogens is 368 g/mol. The Hall–Kier alpha value is -3.02. The predicted molar refractivity (Wildman–Crippen MR) is 113 cm³/mol. The number of anilines is 1. The lowest BCUT2D eigenvalue weighted by atomic mass is 10.1. The van der Waals surface area contributed by atoms with Gasteiger partial charge in [0.15, 0.2) is 5.78 Å². The number of ketones is 1. The Morgan fingerprint density at radius 1 is 0.862 bits per heavy atom. The largest absolute Gasteiger partial charge is 0.497 e. The number of piperazine rings is 1. The molecule has 1 aliphatic heterocycles. The minimum absolute atomic E-state index is 0.0155. The van der Waals surface area contributed by atoms with Crippen molar-refractivity contribution in [3.63, 3.8) is 0 Å². The fraction of sp³-hybridized carbons (Fsp3) is 0.391. The highest BCUT2D eigenvalue weighted by atomic mass is 16.5. The van der Waals surface area contributed by atoms with Crippen molar-refractivity contribution in [2.45, 2.75) is 19.8 Å². The monoisotopic (exact) mass is 396 g/mol. The maximum atomic E-state index is 12.5. The van der Waals surface area contributed by atoms with Crippen LogP contribution in [-0.4, -0.2) is 56.5 Å². The maximum absolute atomic E-state index is 12.5. The van der Waals surface area contributed by atoms with E-state index in [1.165, 1.54) is 0 Å². The summed E-state index contributed by atoms with van der Waals surface area (Å²) in [5.41, 5.74) is 1.74. The number of Topliss-reactive ketones (excluding diaryl/α,β-unsaturated/α-hetero) is 1. The Balaban J connectivity index is 1.45. The number of amides is 1. The number of ether oxygens (including phenoxy) is 2. The standard InChI is InChI=1S/C23H28N2O4/c1-3-29-21-8-4-18(5-9-21)22(26)12-13-23(27)25-16-14-24(15-17-25)19-6-10-20(28-2)11-7-19/h4-11H,3,12-17H2,1-2H3. The SMILES string of the molecule is CCOc1ccc(C(=O)CCC(=O)N2CCN(c3ccc(OC)cc3)CC2)cc1. The van der Waals surface area contributed by atoms with Crippen LogP contribution < -0.4 is 14.4 Å². The molecule has 0 atom stereocenters. The van der Waals surface area contributed by atoms with E-state index >= 15 is 0 Å². The molecule has 0 spiro atoms. The molecule has 0 aliphatic carbocycles. The number of carbonyl (C=O) groups excluding carboxylic acids is 2. The van der Waals surface area contributed by atoms with Gasteiger partial charge in [-0.3, -0.25) is 9.59 Å². The van der Waals surface area contributed by atoms with E-state index < -0.39 is 0 Å². The fourth-order valence-electron chi connectivity index (χ4n) is 3.43. The fourth-order valence-corrected chi connectivity index (χ4v) is 3.43. The average Bonchev–Trinajstić information content (AvgIpc) is 2.78. The van der Waals surface area contributed by atoms with Gasteiger partial charge in [-0.25, -0.2) is 0 Å². The predicted octanol–water partition coefficient (Wildman–Crippen LogP) is 3.41. The first-order valence-corrected chi connectivity index (χ1v) is 10.0. The smallest absolute Gasteiger partial charge is 0.223 e. The highest BCUT2D eigenvalue weighted by molar-refractivity contribution is 5.98. The third-order valence-electron chi connectivity index (χ3n) is 5.12. The summed E-state index contributed by atoms with van der Waals surface area (Å²) in [6.07, 6.45) is 0.472. The summed E-state index contributed by atoms with van der Waals surface area (Å²) in [5.74, 6) is 1.60. The van der Waals surface area contributed by atoms with Crippen LogP contribution in [0.25, 0.3) is 0 Å². The van der Waals surface area contributed by atoms with Crippen LogP contribution in [0.1, 0.15) is 30.1 Å². The topological polar surface area (TPSA) is 59.1 Å². The van der Waals surface area contributed by atoms with Crippen LogP contribution in [0.2, 0.25) is 0 Å². The number of hydrogen-bond donors (Lipinski definition) is 0. The van der Waals surface area contributed by atoms with E-state index in [1.807, 2.05) is 36.1 Å². The second kappa shape index (κ2) is 9.96. The minimum Gasteiger partial charge on any atom is -0.497 e. The molecule has 1 aliphatic rings. The summed E-state index contributed by atoms with van der Waals surface area (Å²) in [7, 11) is 1.65. The van der Waals surface area contributed by atoms with Gasteiger partial charge in [0.25, 0.3) is 0 Å². The third-order valence-corrected chi connectivity index (χ3v) is 5.12. The zero-order chi connectivity index (χ0) is 20.6. The van der Waals surface area contributed by atoms with Crippen molar-refractivity contribution in [2.75, 3.05) is 44.8 Å². The average molecular weight is 396 g/mol. The second-order valence-corrected chi connectivity index (χ2v) is 6.95. The molecule has 0 unspecified atom stereocenters. The van der Waals surface area contributed by atoms with Crippen LogP contribution in [0.4, 0.5) is 5.69 Å². The van der Waals surface area contributed by atoms with Gasteiger partial charge in [-0.05, 0) is 55.5 Å². The highest BCUT2D eigenvalue weighted by Crippen LogP contribution is 2.21. The van der Waals surface area contributed by atoms with E-state index in [4.69, 9.17) is 9.47 Å². The Kier molecular flexibility index (Phi) is 7.11. The summed E-state index contributed by atoms with van der Waals surface area (Å²) >= 11 is 0. The molecule has 6 nitrogen and oxygen atoms in total. The lowest BCUT2D eigenvalue weighted by Gasteiger charge is -2.36. The van der Waals surface area contributed by atoms with Gasteiger partial charge in [0.1, 0.15) is 11.5 Å². The zero-order valence-corrected chi connectivity index (χ0v) is 17.1. The minimum atomic E-state index is -0.0155. The zero-order valence-electron chi connectivity index (χ0n) is 17.1. The van der Waals surface area contributed by atoms with Crippen molar-refractivity contribution in [1.29, 1.82) is 0 Å². The van der Waals surface area contributed by atoms with Crippen molar-refractivity contribution < 1.29 is 19.1 Å². The van der Waals surface area contributed by atoms with Gasteiger partial charge in [0, 0.05) is 50.3 Å². The highest BCUT2D eigenvalue weighted by Gasteiger charge is 2.22. The van der Waals surface area contributed by atoms with Crippen LogP contribution in [0.3, 0.4) is 0 Å². The number of rotatable bonds is 8. The van der Waals surface area contributed by atoms with E-state index in [1.54, 1.807) is 31.4 Å². The van der Waals surface area contributed by atoms with Crippen molar-refractivity contribution >= 4 is 17.4 Å². The Morgan fingerprint density at radius 2 is 1.48 bits per heavy atom. The molecule has 6 heteroatoms. The van der Waals surface area contributed by atoms with Gasteiger partial charge in [0.05, 0.1) is 13.7 Å². The number of nitrogens with zero attached hydrogens (tertiary/aromatic N) is 2. The molecule has 3 rings (SSSR count). The first-order valence-electron chi connectivity index (χ1n) is 10.0. The van der Waals surface area contributed by atoms with E-state index in [9.17, 15) is 9.59 Å². The summed E-state index contributed by atoms with van der Waals surface area (Å²) in [6, 6.07) is 15.0. The quantitative estimate of drug-likeness (QED) is 0.640. The van der Waals surface area contributed by atoms with Crippen molar-refractivity contribution in [3.05, 3.63) is 54.1 Å². The number of methoxy groups -OCH3 is 1. The number of hydrogen-bond acceptors (Lipinski definition) is 5. The summed E-state index contributed by atoms with van der Waals surface area (Å²) in [6.45, 7) is 5.41. The van der Waals surface area contributed by atoms with Gasteiger partial charge in [-0.2, -0.15) is 0 Å². The normalized spacial score (nSPS) is 13.9. The van der Waals surface area contributed by atoms with Gasteiger partial charge in [-0.15, -0.1) is 0 Å². The molecule has 29 heavy (non-hydrogen) atoms. The van der Waals surface area contributed by atoms with E-state index in [-0.39, 0.29) is 24.5 Å². The number of benzene rings is 2. The molecular formula is C23H28N2O4. The molecule has 2 aromatic rings. The first kappa shape index (κ1) is 20.7. The van der Waals surface area contributed by atoms with Crippen LogP contribution in [0, 0.1) is 0 Å². The number of carbonyl (C=O) groups is 2.